The summed E-state index contributed by atoms with van der Waals surface area (Å²) in [6.07, 6.45) is 2.08. The van der Waals surface area contributed by atoms with Crippen LogP contribution in [0.25, 0.3) is 11.7 Å². The number of hydrogen-bond acceptors (Lipinski definition) is 5. The Morgan fingerprint density at radius 1 is 1.28 bits per heavy atom. The summed E-state index contributed by atoms with van der Waals surface area (Å²) in [4.78, 5) is 38.9. The summed E-state index contributed by atoms with van der Waals surface area (Å²) >= 11 is 0. The fourth-order valence-electron chi connectivity index (χ4n) is 3.72. The molecule has 11 heteroatoms. The van der Waals surface area contributed by atoms with Crippen LogP contribution in [-0.4, -0.2) is 67.5 Å². The Morgan fingerprint density at radius 3 is 2.53 bits per heavy atom. The lowest BCUT2D eigenvalue weighted by molar-refractivity contribution is -0.125. The van der Waals surface area contributed by atoms with Gasteiger partial charge in [0.05, 0.1) is 19.3 Å². The number of hydrogen-bond donors (Lipinski definition) is 2. The second-order valence-electron chi connectivity index (χ2n) is 8.70. The number of nitrogens with zero attached hydrogens (tertiary/aromatic N) is 4. The summed E-state index contributed by atoms with van der Waals surface area (Å²) in [5.74, 6) is -1.66. The summed E-state index contributed by atoms with van der Waals surface area (Å²) in [7, 11) is 0. The summed E-state index contributed by atoms with van der Waals surface area (Å²) in [6, 6.07) is -0.00361. The van der Waals surface area contributed by atoms with E-state index in [-0.39, 0.29) is 42.8 Å². The third-order valence-corrected chi connectivity index (χ3v) is 5.50. The first-order valence-corrected chi connectivity index (χ1v) is 10.6. The standard InChI is InChI=1S/C21H25F2N5O4/c1-11(2)8-27-19-12(3-6-16(29)26-9-14(22)15(23)10-26)7-24-28(19)21(32)17(20(27)31)18(30)25-13-4-5-13/h3,6-7,11,13-15,31H,4-5,8-10H2,1-2H3,(H,25,30)/b6-3+/t14-,15-/m1/s1. The molecule has 0 spiro atoms. The molecule has 1 saturated carbocycles. The van der Waals surface area contributed by atoms with Crippen molar-refractivity contribution >= 4 is 23.5 Å². The number of carbonyl (C=O) groups excluding carboxylic acids is 2. The zero-order valence-corrected chi connectivity index (χ0v) is 17.8. The van der Waals surface area contributed by atoms with Gasteiger partial charge in [0.1, 0.15) is 5.65 Å². The molecule has 1 saturated heterocycles. The largest absolute Gasteiger partial charge is 0.494 e. The van der Waals surface area contributed by atoms with Gasteiger partial charge in [-0.25, -0.2) is 8.78 Å². The minimum absolute atomic E-state index is 0.00361. The number of aromatic hydroxyl groups is 1. The van der Waals surface area contributed by atoms with Gasteiger partial charge in [0, 0.05) is 24.2 Å². The predicted molar refractivity (Wildman–Crippen MR) is 112 cm³/mol. The number of nitrogens with one attached hydrogen (secondary N) is 1. The fraction of sp³-hybridized carbons (Fsp3) is 0.524. The van der Waals surface area contributed by atoms with Gasteiger partial charge in [-0.05, 0) is 24.8 Å². The quantitative estimate of drug-likeness (QED) is 0.646. The number of fused-ring (bicyclic) bond motifs is 1. The normalized spacial score (nSPS) is 21.2. The Balaban J connectivity index is 1.74. The van der Waals surface area contributed by atoms with E-state index in [1.807, 2.05) is 13.8 Å². The summed E-state index contributed by atoms with van der Waals surface area (Å²) in [6.45, 7) is 3.44. The van der Waals surface area contributed by atoms with Gasteiger partial charge < -0.3 is 15.3 Å². The molecular weight excluding hydrogens is 424 g/mol. The molecule has 0 aromatic carbocycles. The number of amides is 2. The number of likely N-dealkylation sites (tertiary alicyclic amines) is 1. The van der Waals surface area contributed by atoms with E-state index < -0.39 is 35.6 Å². The van der Waals surface area contributed by atoms with Crippen LogP contribution in [0.1, 0.15) is 42.6 Å². The van der Waals surface area contributed by atoms with E-state index in [9.17, 15) is 28.3 Å². The van der Waals surface area contributed by atoms with Gasteiger partial charge in [0.2, 0.25) is 11.8 Å². The first-order valence-electron chi connectivity index (χ1n) is 10.6. The Hall–Kier alpha value is -3.24. The number of carbonyl (C=O) groups is 2. The molecule has 3 heterocycles. The van der Waals surface area contributed by atoms with Crippen molar-refractivity contribution in [2.45, 2.75) is 51.6 Å². The second kappa shape index (κ2) is 8.36. The maximum absolute atomic E-state index is 13.4. The van der Waals surface area contributed by atoms with Crippen molar-refractivity contribution in [1.82, 2.24) is 24.4 Å². The van der Waals surface area contributed by atoms with Crippen molar-refractivity contribution in [3.63, 3.8) is 0 Å². The van der Waals surface area contributed by atoms with Gasteiger partial charge in [-0.3, -0.25) is 19.0 Å². The molecule has 2 amide bonds. The van der Waals surface area contributed by atoms with Crippen LogP contribution in [0, 0.1) is 5.92 Å². The highest BCUT2D eigenvalue weighted by atomic mass is 19.2. The lowest BCUT2D eigenvalue weighted by atomic mass is 10.2. The predicted octanol–water partition coefficient (Wildman–Crippen LogP) is 1.28. The van der Waals surface area contributed by atoms with Crippen LogP contribution in [0.2, 0.25) is 0 Å². The molecule has 32 heavy (non-hydrogen) atoms. The molecular formula is C21H25F2N5O4. The molecule has 2 aromatic rings. The minimum atomic E-state index is -1.71. The Bertz CT molecular complexity index is 1140. The molecule has 0 bridgehead atoms. The second-order valence-corrected chi connectivity index (χ2v) is 8.70. The van der Waals surface area contributed by atoms with Crippen molar-refractivity contribution < 1.29 is 23.5 Å². The summed E-state index contributed by atoms with van der Waals surface area (Å²) in [5.41, 5.74) is -0.615. The molecule has 1 aliphatic heterocycles. The molecule has 1 aliphatic carbocycles. The molecule has 2 aliphatic rings. The van der Waals surface area contributed by atoms with Crippen LogP contribution >= 0.6 is 0 Å². The number of rotatable bonds is 6. The molecule has 2 fully saturated rings. The monoisotopic (exact) mass is 449 g/mol. The van der Waals surface area contributed by atoms with E-state index >= 15 is 0 Å². The SMILES string of the molecule is CC(C)Cn1c(O)c(C(=O)NC2CC2)c(=O)n2ncc(/C=C/C(=O)N3C[C@@H](F)[C@H](F)C3)c12. The van der Waals surface area contributed by atoms with Gasteiger partial charge in [0.15, 0.2) is 17.9 Å². The highest BCUT2D eigenvalue weighted by Crippen LogP contribution is 2.25. The first-order chi connectivity index (χ1) is 15.2. The van der Waals surface area contributed by atoms with E-state index in [1.54, 1.807) is 0 Å². The third kappa shape index (κ3) is 4.11. The van der Waals surface area contributed by atoms with Crippen LogP contribution in [0.15, 0.2) is 17.1 Å². The van der Waals surface area contributed by atoms with E-state index in [0.717, 1.165) is 28.3 Å². The molecule has 172 valence electrons. The molecule has 2 atom stereocenters. The average molecular weight is 449 g/mol. The van der Waals surface area contributed by atoms with Gasteiger partial charge in [-0.1, -0.05) is 13.8 Å². The van der Waals surface area contributed by atoms with Crippen molar-refractivity contribution in [2.24, 2.45) is 5.92 Å². The van der Waals surface area contributed by atoms with Crippen molar-refractivity contribution in [2.75, 3.05) is 13.1 Å². The zero-order chi connectivity index (χ0) is 23.2. The lowest BCUT2D eigenvalue weighted by Gasteiger charge is -2.17. The number of aromatic nitrogens is 3. The molecule has 2 aromatic heterocycles. The zero-order valence-electron chi connectivity index (χ0n) is 17.8. The van der Waals surface area contributed by atoms with Crippen molar-refractivity contribution in [3.8, 4) is 5.88 Å². The van der Waals surface area contributed by atoms with E-state index in [0.29, 0.717) is 5.56 Å². The summed E-state index contributed by atoms with van der Waals surface area (Å²) in [5, 5.41) is 17.6. The van der Waals surface area contributed by atoms with Crippen LogP contribution in [0.3, 0.4) is 0 Å². The van der Waals surface area contributed by atoms with E-state index in [4.69, 9.17) is 0 Å². The van der Waals surface area contributed by atoms with Crippen LogP contribution in [-0.2, 0) is 11.3 Å². The minimum Gasteiger partial charge on any atom is -0.494 e. The highest BCUT2D eigenvalue weighted by Gasteiger charge is 2.35. The number of halogens is 2. The average Bonchev–Trinajstić information content (AvgIpc) is 3.32. The molecule has 0 radical (unpaired) electrons. The van der Waals surface area contributed by atoms with Gasteiger partial charge in [-0.15, -0.1) is 0 Å². The molecule has 9 nitrogen and oxygen atoms in total. The van der Waals surface area contributed by atoms with Gasteiger partial charge in [-0.2, -0.15) is 9.61 Å². The van der Waals surface area contributed by atoms with Crippen LogP contribution in [0.5, 0.6) is 5.88 Å². The van der Waals surface area contributed by atoms with Crippen molar-refractivity contribution in [3.05, 3.63) is 33.8 Å². The fourth-order valence-corrected chi connectivity index (χ4v) is 3.72. The van der Waals surface area contributed by atoms with E-state index in [2.05, 4.69) is 10.4 Å². The first kappa shape index (κ1) is 22.0. The molecule has 0 unspecified atom stereocenters. The van der Waals surface area contributed by atoms with Gasteiger partial charge >= 0.3 is 0 Å². The number of alkyl halides is 2. The maximum atomic E-state index is 13.4. The molecule has 4 rings (SSSR count). The molecule has 2 N–H and O–H groups in total. The summed E-state index contributed by atoms with van der Waals surface area (Å²) < 4.78 is 29.2. The Labute approximate surface area is 182 Å². The lowest BCUT2D eigenvalue weighted by Crippen LogP contribution is -2.34. The Morgan fingerprint density at radius 2 is 1.94 bits per heavy atom. The Kier molecular flexibility index (Phi) is 5.74. The van der Waals surface area contributed by atoms with Gasteiger partial charge in [0.25, 0.3) is 11.5 Å². The maximum Gasteiger partial charge on any atom is 0.291 e. The smallest absolute Gasteiger partial charge is 0.291 e. The van der Waals surface area contributed by atoms with Crippen LogP contribution < -0.4 is 10.9 Å². The van der Waals surface area contributed by atoms with Crippen LogP contribution in [0.4, 0.5) is 8.78 Å². The van der Waals surface area contributed by atoms with E-state index in [1.165, 1.54) is 16.8 Å². The van der Waals surface area contributed by atoms with Crippen molar-refractivity contribution in [1.29, 1.82) is 0 Å². The third-order valence-electron chi connectivity index (χ3n) is 5.50. The highest BCUT2D eigenvalue weighted by molar-refractivity contribution is 5.97. The topological polar surface area (TPSA) is 109 Å².